The molecule has 2 rings (SSSR count). The maximum absolute atomic E-state index is 12.9. The molecule has 0 atom stereocenters. The van der Waals surface area contributed by atoms with Crippen LogP contribution >= 0.6 is 0 Å². The highest BCUT2D eigenvalue weighted by molar-refractivity contribution is 7.89. The normalized spacial score (nSPS) is 17.0. The van der Waals surface area contributed by atoms with Crippen molar-refractivity contribution < 1.29 is 22.8 Å². The Hall–Kier alpha value is -1.64. The van der Waals surface area contributed by atoms with Gasteiger partial charge in [-0.1, -0.05) is 6.07 Å². The molecule has 1 fully saturated rings. The van der Waals surface area contributed by atoms with E-state index in [0.29, 0.717) is 38.5 Å². The van der Waals surface area contributed by atoms with Gasteiger partial charge in [0.1, 0.15) is 10.6 Å². The fourth-order valence-electron chi connectivity index (χ4n) is 2.66. The number of ether oxygens (including phenoxy) is 1. The SMILES string of the molecule is CNC(=O)C[NH+]1CCN(S(=O)(=O)c2cc(C)ccc2OC)CC1. The van der Waals surface area contributed by atoms with Crippen molar-refractivity contribution in [1.29, 1.82) is 0 Å². The summed E-state index contributed by atoms with van der Waals surface area (Å²) in [5.74, 6) is 0.326. The van der Waals surface area contributed by atoms with Gasteiger partial charge >= 0.3 is 0 Å². The summed E-state index contributed by atoms with van der Waals surface area (Å²) in [4.78, 5) is 12.7. The molecule has 2 N–H and O–H groups in total. The number of amides is 1. The van der Waals surface area contributed by atoms with Crippen LogP contribution in [-0.4, -0.2) is 65.5 Å². The molecule has 0 unspecified atom stereocenters. The van der Waals surface area contributed by atoms with Gasteiger partial charge in [-0.3, -0.25) is 4.79 Å². The minimum Gasteiger partial charge on any atom is -0.495 e. The topological polar surface area (TPSA) is 80.2 Å². The van der Waals surface area contributed by atoms with Gasteiger partial charge in [0.25, 0.3) is 5.91 Å². The third-order valence-electron chi connectivity index (χ3n) is 4.06. The zero-order valence-corrected chi connectivity index (χ0v) is 14.6. The third kappa shape index (κ3) is 4.01. The number of hydrogen-bond donors (Lipinski definition) is 2. The molecule has 1 aliphatic heterocycles. The van der Waals surface area contributed by atoms with Gasteiger partial charge in [0.05, 0.1) is 33.3 Å². The van der Waals surface area contributed by atoms with Gasteiger partial charge in [-0.05, 0) is 24.6 Å². The third-order valence-corrected chi connectivity index (χ3v) is 5.98. The summed E-state index contributed by atoms with van der Waals surface area (Å²) in [6, 6.07) is 5.14. The molecule has 1 amide bonds. The Kier molecular flexibility index (Phi) is 5.61. The Labute approximate surface area is 137 Å². The van der Waals surface area contributed by atoms with Gasteiger partial charge in [-0.25, -0.2) is 8.42 Å². The molecule has 23 heavy (non-hydrogen) atoms. The molecule has 0 bridgehead atoms. The van der Waals surface area contributed by atoms with Crippen LogP contribution in [0.3, 0.4) is 0 Å². The number of carbonyl (C=O) groups excluding carboxylic acids is 1. The molecule has 1 saturated heterocycles. The van der Waals surface area contributed by atoms with Gasteiger partial charge in [0, 0.05) is 7.05 Å². The molecule has 0 aromatic heterocycles. The molecular weight excluding hydrogens is 318 g/mol. The smallest absolute Gasteiger partial charge is 0.274 e. The highest BCUT2D eigenvalue weighted by Crippen LogP contribution is 2.27. The first kappa shape index (κ1) is 17.7. The summed E-state index contributed by atoms with van der Waals surface area (Å²) in [5, 5.41) is 2.59. The molecule has 0 aliphatic carbocycles. The fraction of sp³-hybridized carbons (Fsp3) is 0.533. The maximum Gasteiger partial charge on any atom is 0.274 e. The van der Waals surface area contributed by atoms with Crippen molar-refractivity contribution in [2.24, 2.45) is 0 Å². The minimum atomic E-state index is -3.59. The van der Waals surface area contributed by atoms with Crippen molar-refractivity contribution in [3.8, 4) is 5.75 Å². The maximum atomic E-state index is 12.9. The molecule has 1 aromatic rings. The molecule has 0 saturated carbocycles. The number of carbonyl (C=O) groups is 1. The standard InChI is InChI=1S/C15H23N3O4S/c1-12-4-5-13(22-3)14(10-12)23(20,21)18-8-6-17(7-9-18)11-15(19)16-2/h4-5,10H,6-9,11H2,1-3H3,(H,16,19)/p+1. The molecule has 8 heteroatoms. The molecule has 7 nitrogen and oxygen atoms in total. The summed E-state index contributed by atoms with van der Waals surface area (Å²) in [5.41, 5.74) is 0.869. The lowest BCUT2D eigenvalue weighted by Gasteiger charge is -2.31. The van der Waals surface area contributed by atoms with Crippen LogP contribution in [0.4, 0.5) is 0 Å². The summed E-state index contributed by atoms with van der Waals surface area (Å²) >= 11 is 0. The molecule has 0 spiro atoms. The van der Waals surface area contributed by atoms with E-state index in [9.17, 15) is 13.2 Å². The van der Waals surface area contributed by atoms with E-state index in [4.69, 9.17) is 4.74 Å². The van der Waals surface area contributed by atoms with Gasteiger partial charge in [-0.2, -0.15) is 4.31 Å². The van der Waals surface area contributed by atoms with E-state index in [1.54, 1.807) is 19.2 Å². The van der Waals surface area contributed by atoms with Crippen molar-refractivity contribution >= 4 is 15.9 Å². The lowest BCUT2D eigenvalue weighted by atomic mass is 10.2. The first-order valence-corrected chi connectivity index (χ1v) is 9.01. The predicted octanol–water partition coefficient (Wildman–Crippen LogP) is -1.36. The first-order valence-electron chi connectivity index (χ1n) is 7.57. The monoisotopic (exact) mass is 342 g/mol. The van der Waals surface area contributed by atoms with Crippen LogP contribution in [0.1, 0.15) is 5.56 Å². The Bertz CT molecular complexity index is 667. The van der Waals surface area contributed by atoms with E-state index >= 15 is 0 Å². The number of likely N-dealkylation sites (N-methyl/N-ethyl adjacent to an activating group) is 1. The summed E-state index contributed by atoms with van der Waals surface area (Å²) in [7, 11) is -0.519. The van der Waals surface area contributed by atoms with E-state index in [1.165, 1.54) is 11.4 Å². The van der Waals surface area contributed by atoms with Gasteiger partial charge in [-0.15, -0.1) is 0 Å². The molecular formula is C15H24N3O4S+. The summed E-state index contributed by atoms with van der Waals surface area (Å²) in [6.07, 6.45) is 0. The van der Waals surface area contributed by atoms with Gasteiger partial charge in [0.15, 0.2) is 6.54 Å². The summed E-state index contributed by atoms with van der Waals surface area (Å²) in [6.45, 7) is 4.24. The lowest BCUT2D eigenvalue weighted by Crippen LogP contribution is -3.15. The van der Waals surface area contributed by atoms with Crippen molar-refractivity contribution in [3.63, 3.8) is 0 Å². The Morgan fingerprint density at radius 3 is 2.57 bits per heavy atom. The van der Waals surface area contributed by atoms with Crippen molar-refractivity contribution in [2.45, 2.75) is 11.8 Å². The van der Waals surface area contributed by atoms with Gasteiger partial charge in [0.2, 0.25) is 10.0 Å². The first-order chi connectivity index (χ1) is 10.9. The fourth-order valence-corrected chi connectivity index (χ4v) is 4.34. The van der Waals surface area contributed by atoms with Crippen LogP contribution in [0.15, 0.2) is 23.1 Å². The van der Waals surface area contributed by atoms with Crippen molar-refractivity contribution in [3.05, 3.63) is 23.8 Å². The van der Waals surface area contributed by atoms with Crippen LogP contribution < -0.4 is 15.0 Å². The van der Waals surface area contributed by atoms with Crippen LogP contribution in [0.5, 0.6) is 5.75 Å². The molecule has 1 aliphatic rings. The van der Waals surface area contributed by atoms with E-state index in [2.05, 4.69) is 5.32 Å². The van der Waals surface area contributed by atoms with Crippen LogP contribution in [0.2, 0.25) is 0 Å². The zero-order chi connectivity index (χ0) is 17.0. The second-order valence-corrected chi connectivity index (χ2v) is 7.56. The van der Waals surface area contributed by atoms with Crippen molar-refractivity contribution in [1.82, 2.24) is 9.62 Å². The summed E-state index contributed by atoms with van der Waals surface area (Å²) < 4.78 is 32.4. The zero-order valence-electron chi connectivity index (χ0n) is 13.8. The Balaban J connectivity index is 2.13. The number of nitrogens with one attached hydrogen (secondary N) is 2. The molecule has 1 heterocycles. The van der Waals surface area contributed by atoms with Gasteiger partial charge < -0.3 is 15.0 Å². The van der Waals surface area contributed by atoms with Crippen LogP contribution in [0, 0.1) is 6.92 Å². The number of hydrogen-bond acceptors (Lipinski definition) is 4. The molecule has 0 radical (unpaired) electrons. The number of piperazine rings is 1. The number of aryl methyl sites for hydroxylation is 1. The predicted molar refractivity (Wildman–Crippen MR) is 86.1 cm³/mol. The van der Waals surface area contributed by atoms with E-state index < -0.39 is 10.0 Å². The number of nitrogens with zero attached hydrogens (tertiary/aromatic N) is 1. The highest BCUT2D eigenvalue weighted by atomic mass is 32.2. The average Bonchev–Trinajstić information content (AvgIpc) is 2.55. The number of rotatable bonds is 5. The average molecular weight is 342 g/mol. The number of quaternary nitrogens is 1. The van der Waals surface area contributed by atoms with E-state index in [-0.39, 0.29) is 10.8 Å². The molecule has 128 valence electrons. The Morgan fingerprint density at radius 2 is 2.00 bits per heavy atom. The number of sulfonamides is 1. The van der Waals surface area contributed by atoms with E-state index in [1.807, 2.05) is 13.0 Å². The van der Waals surface area contributed by atoms with E-state index in [0.717, 1.165) is 10.5 Å². The largest absolute Gasteiger partial charge is 0.495 e. The quantitative estimate of drug-likeness (QED) is 0.693. The van der Waals surface area contributed by atoms with Crippen LogP contribution in [0.25, 0.3) is 0 Å². The minimum absolute atomic E-state index is 0.0309. The van der Waals surface area contributed by atoms with Crippen molar-refractivity contribution in [2.75, 3.05) is 46.9 Å². The highest BCUT2D eigenvalue weighted by Gasteiger charge is 2.32. The number of methoxy groups -OCH3 is 1. The van der Waals surface area contributed by atoms with Crippen LogP contribution in [-0.2, 0) is 14.8 Å². The Morgan fingerprint density at radius 1 is 1.35 bits per heavy atom. The molecule has 1 aromatic carbocycles. The second kappa shape index (κ2) is 7.29. The number of benzene rings is 1. The second-order valence-electron chi connectivity index (χ2n) is 5.66. The lowest BCUT2D eigenvalue weighted by molar-refractivity contribution is -0.895.